The van der Waals surface area contributed by atoms with Gasteiger partial charge in [-0.25, -0.2) is 9.18 Å². The molecule has 1 aromatic rings. The van der Waals surface area contributed by atoms with Gasteiger partial charge in [-0.2, -0.15) is 10.3 Å². The van der Waals surface area contributed by atoms with Crippen molar-refractivity contribution in [2.75, 3.05) is 0 Å². The van der Waals surface area contributed by atoms with Gasteiger partial charge in [0.1, 0.15) is 11.9 Å². The van der Waals surface area contributed by atoms with Crippen LogP contribution in [-0.4, -0.2) is 40.5 Å². The van der Waals surface area contributed by atoms with Gasteiger partial charge >= 0.3 is 6.03 Å². The third-order valence-corrected chi connectivity index (χ3v) is 6.84. The number of carbonyl (C=O) groups excluding carboxylic acids is 2. The fraction of sp³-hybridized carbons (Fsp3) is 0.300. The zero-order valence-electron chi connectivity index (χ0n) is 24.5. The molecule has 0 heterocycles. The van der Waals surface area contributed by atoms with Crippen LogP contribution in [0.5, 0.6) is 0 Å². The standard InChI is InChI=1S/C30H38FN6O2P3/c1-6-21-14-23(8-9-25(21)34-19(5)11-27(41)42)35-29(33-17-38)36-30(39)37(24(7-2)10-18(3)4)16-20-12-22(15-32)28(31)26(40)13-20/h6-10,12-14,17,19,27H,11,16,40-42H2,1-5H3,(H2,33,35,36,38,39)/b21-6-,24-7+,34-25-. The average molecular weight is 627 g/mol. The second-order valence-electron chi connectivity index (χ2n) is 9.75. The summed E-state index contributed by atoms with van der Waals surface area (Å²) in [5, 5.41) is 15.4. The predicted octanol–water partition coefficient (Wildman–Crippen LogP) is 5.38. The van der Waals surface area contributed by atoms with Crippen molar-refractivity contribution in [3.63, 3.8) is 0 Å². The Morgan fingerprint density at radius 3 is 2.52 bits per heavy atom. The normalized spacial score (nSPS) is 16.2. The summed E-state index contributed by atoms with van der Waals surface area (Å²) in [6, 6.07) is 4.24. The molecule has 4 atom stereocenters. The molecule has 12 heteroatoms. The lowest BCUT2D eigenvalue weighted by atomic mass is 10.0. The summed E-state index contributed by atoms with van der Waals surface area (Å²) in [5.74, 6) is -0.709. The van der Waals surface area contributed by atoms with Crippen molar-refractivity contribution in [3.8, 4) is 6.07 Å². The minimum Gasteiger partial charge on any atom is -0.326 e. The second-order valence-corrected chi connectivity index (χ2v) is 12.9. The van der Waals surface area contributed by atoms with E-state index < -0.39 is 11.8 Å². The number of rotatable bonds is 9. The number of nitrogens with zero attached hydrogens (tertiary/aromatic N) is 4. The van der Waals surface area contributed by atoms with E-state index in [-0.39, 0.29) is 29.4 Å². The molecule has 3 amide bonds. The minimum absolute atomic E-state index is 0.00718. The second kappa shape index (κ2) is 17.0. The average Bonchev–Trinajstić information content (AvgIpc) is 2.92. The zero-order valence-corrected chi connectivity index (χ0v) is 27.9. The Hall–Kier alpha value is -3.29. The van der Waals surface area contributed by atoms with Gasteiger partial charge in [0.15, 0.2) is 0 Å². The van der Waals surface area contributed by atoms with Crippen LogP contribution in [0.1, 0.15) is 52.2 Å². The van der Waals surface area contributed by atoms with Crippen LogP contribution in [0, 0.1) is 17.1 Å². The molecule has 0 bridgehead atoms. The highest BCUT2D eigenvalue weighted by atomic mass is 31.1. The van der Waals surface area contributed by atoms with E-state index in [4.69, 9.17) is 4.99 Å². The number of hydrogen-bond donors (Lipinski definition) is 2. The van der Waals surface area contributed by atoms with Crippen molar-refractivity contribution in [2.24, 2.45) is 9.98 Å². The van der Waals surface area contributed by atoms with Crippen molar-refractivity contribution in [2.45, 2.75) is 59.0 Å². The molecule has 0 spiro atoms. The molecule has 0 fully saturated rings. The Balaban J connectivity index is 2.44. The van der Waals surface area contributed by atoms with E-state index in [1.165, 1.54) is 11.0 Å². The number of hydrogen-bond acceptors (Lipinski definition) is 4. The fourth-order valence-corrected chi connectivity index (χ4v) is 5.21. The number of nitriles is 1. The van der Waals surface area contributed by atoms with E-state index in [0.717, 1.165) is 23.3 Å². The molecule has 2 rings (SSSR count). The third-order valence-electron chi connectivity index (χ3n) is 5.87. The molecular weight excluding hydrogens is 588 g/mol. The number of nitrogens with one attached hydrogen (secondary N) is 2. The van der Waals surface area contributed by atoms with E-state index in [1.54, 1.807) is 25.1 Å². The van der Waals surface area contributed by atoms with Crippen LogP contribution in [0.2, 0.25) is 0 Å². The highest BCUT2D eigenvalue weighted by Gasteiger charge is 2.20. The topological polar surface area (TPSA) is 110 Å². The lowest BCUT2D eigenvalue weighted by Gasteiger charge is -2.23. The molecule has 4 unspecified atom stereocenters. The smallest absolute Gasteiger partial charge is 0.326 e. The Labute approximate surface area is 254 Å². The Kier molecular flexibility index (Phi) is 14.1. The number of benzene rings is 1. The SMILES string of the molecule is C/C=C1/C=C(N/C(=N/C(=O)N(Cc2cc(P)c(F)c(C#N)c2)/C(C=C(C)C)=C/C)NC=O)C=C/C1=N/C(C)CC(P)P. The number of carbonyl (C=O) groups is 2. The molecule has 0 radical (unpaired) electrons. The quantitative estimate of drug-likeness (QED) is 0.126. The van der Waals surface area contributed by atoms with Gasteiger partial charge < -0.3 is 5.32 Å². The number of guanidine groups is 1. The number of halogens is 1. The molecule has 222 valence electrons. The Morgan fingerprint density at radius 2 is 1.95 bits per heavy atom. The van der Waals surface area contributed by atoms with Crippen molar-refractivity contribution in [1.29, 1.82) is 5.26 Å². The van der Waals surface area contributed by atoms with Gasteiger partial charge in [0.2, 0.25) is 12.4 Å². The summed E-state index contributed by atoms with van der Waals surface area (Å²) in [6.07, 6.45) is 12.3. The van der Waals surface area contributed by atoms with Crippen LogP contribution in [0.3, 0.4) is 0 Å². The molecule has 42 heavy (non-hydrogen) atoms. The van der Waals surface area contributed by atoms with Crippen LogP contribution < -0.4 is 15.9 Å². The maximum atomic E-state index is 14.3. The highest BCUT2D eigenvalue weighted by Crippen LogP contribution is 2.21. The Bertz CT molecular complexity index is 1450. The maximum absolute atomic E-state index is 14.3. The molecule has 8 nitrogen and oxygen atoms in total. The first-order valence-electron chi connectivity index (χ1n) is 13.2. The lowest BCUT2D eigenvalue weighted by Crippen LogP contribution is -2.38. The van der Waals surface area contributed by atoms with Gasteiger partial charge in [-0.05, 0) is 94.0 Å². The van der Waals surface area contributed by atoms with Crippen LogP contribution >= 0.6 is 27.7 Å². The molecule has 2 N–H and O–H groups in total. The molecule has 1 aromatic carbocycles. The third kappa shape index (κ3) is 10.5. The van der Waals surface area contributed by atoms with Crippen molar-refractivity contribution in [1.82, 2.24) is 15.5 Å². The van der Waals surface area contributed by atoms with E-state index >= 15 is 0 Å². The fourth-order valence-electron chi connectivity index (χ4n) is 4.06. The molecule has 1 aliphatic carbocycles. The summed E-state index contributed by atoms with van der Waals surface area (Å²) in [7, 11) is 7.77. The van der Waals surface area contributed by atoms with E-state index in [2.05, 4.69) is 50.3 Å². The van der Waals surface area contributed by atoms with Crippen LogP contribution in [0.4, 0.5) is 9.18 Å². The molecule has 1 aliphatic rings. The van der Waals surface area contributed by atoms with Crippen LogP contribution in [0.25, 0.3) is 0 Å². The van der Waals surface area contributed by atoms with E-state index in [9.17, 15) is 19.2 Å². The summed E-state index contributed by atoms with van der Waals surface area (Å²) in [5.41, 5.74) is 4.20. The van der Waals surface area contributed by atoms with Gasteiger partial charge in [0.05, 0.1) is 17.8 Å². The van der Waals surface area contributed by atoms with Gasteiger partial charge in [0.25, 0.3) is 0 Å². The molecule has 0 saturated carbocycles. The molecule has 0 aliphatic heterocycles. The van der Waals surface area contributed by atoms with Crippen LogP contribution in [0.15, 0.2) is 81.1 Å². The van der Waals surface area contributed by atoms with Crippen molar-refractivity contribution in [3.05, 3.63) is 88.1 Å². The van der Waals surface area contributed by atoms with Gasteiger partial charge in [0, 0.05) is 22.7 Å². The maximum Gasteiger partial charge on any atom is 0.351 e. The first-order valence-corrected chi connectivity index (χ1v) is 15.1. The van der Waals surface area contributed by atoms with E-state index in [1.807, 2.05) is 51.1 Å². The number of aliphatic imine (C=N–C) groups is 2. The summed E-state index contributed by atoms with van der Waals surface area (Å²) >= 11 is 0. The molecular formula is C30H38FN6O2P3. The number of amides is 3. The van der Waals surface area contributed by atoms with Gasteiger partial charge in [-0.1, -0.05) is 17.7 Å². The minimum atomic E-state index is -0.683. The molecule has 0 saturated heterocycles. The Morgan fingerprint density at radius 1 is 1.24 bits per heavy atom. The summed E-state index contributed by atoms with van der Waals surface area (Å²) < 4.78 is 14.3. The highest BCUT2D eigenvalue weighted by molar-refractivity contribution is 7.37. The van der Waals surface area contributed by atoms with Crippen molar-refractivity contribution < 1.29 is 14.0 Å². The predicted molar refractivity (Wildman–Crippen MR) is 180 cm³/mol. The van der Waals surface area contributed by atoms with Crippen LogP contribution in [-0.2, 0) is 11.3 Å². The van der Waals surface area contributed by atoms with Crippen molar-refractivity contribution >= 4 is 57.1 Å². The zero-order chi connectivity index (χ0) is 31.4. The van der Waals surface area contributed by atoms with Gasteiger partial charge in [-0.15, -0.1) is 27.7 Å². The monoisotopic (exact) mass is 626 g/mol. The lowest BCUT2D eigenvalue weighted by molar-refractivity contribution is -0.108. The summed E-state index contributed by atoms with van der Waals surface area (Å²) in [6.45, 7) is 9.54. The molecule has 0 aromatic heterocycles. The van der Waals surface area contributed by atoms with Gasteiger partial charge in [-0.3, -0.25) is 20.0 Å². The first kappa shape index (κ1) is 34.9. The number of allylic oxidation sites excluding steroid dienone is 8. The van der Waals surface area contributed by atoms with E-state index in [0.29, 0.717) is 28.8 Å². The number of urea groups is 1. The largest absolute Gasteiger partial charge is 0.351 e. The first-order chi connectivity index (χ1) is 19.9. The summed E-state index contributed by atoms with van der Waals surface area (Å²) in [4.78, 5) is 35.4.